The molecule has 7 heteroatoms. The van der Waals surface area contributed by atoms with Crippen LogP contribution in [0.25, 0.3) is 0 Å². The van der Waals surface area contributed by atoms with Crippen LogP contribution >= 0.6 is 0 Å². The molecule has 0 saturated heterocycles. The van der Waals surface area contributed by atoms with Crippen LogP contribution in [0.3, 0.4) is 0 Å². The molecule has 27 heavy (non-hydrogen) atoms. The van der Waals surface area contributed by atoms with Gasteiger partial charge in [0.15, 0.2) is 29.1 Å². The van der Waals surface area contributed by atoms with E-state index in [0.29, 0.717) is 35.2 Å². The molecule has 0 aromatic heterocycles. The molecule has 1 N–H and O–H groups in total. The van der Waals surface area contributed by atoms with Crippen LogP contribution in [-0.4, -0.2) is 56.4 Å². The maximum atomic E-state index is 11.7. The van der Waals surface area contributed by atoms with Gasteiger partial charge in [0.05, 0.1) is 7.11 Å². The fourth-order valence-corrected chi connectivity index (χ4v) is 2.78. The van der Waals surface area contributed by atoms with Gasteiger partial charge in [-0.25, -0.2) is 4.79 Å². The molecule has 1 aliphatic rings. The second-order valence-electron chi connectivity index (χ2n) is 6.42. The zero-order valence-corrected chi connectivity index (χ0v) is 15.5. The number of likely N-dealkylation sites (N-methyl/N-ethyl adjacent to an activating group) is 1. The molecule has 3 rings (SSSR count). The summed E-state index contributed by atoms with van der Waals surface area (Å²) >= 11 is 0. The summed E-state index contributed by atoms with van der Waals surface area (Å²) in [6, 6.07) is 12.3. The van der Waals surface area contributed by atoms with Crippen LogP contribution < -0.4 is 18.9 Å². The van der Waals surface area contributed by atoms with Crippen LogP contribution in [0.5, 0.6) is 23.0 Å². The summed E-state index contributed by atoms with van der Waals surface area (Å²) in [5.41, 5.74) is 0.633. The first-order chi connectivity index (χ1) is 13.0. The van der Waals surface area contributed by atoms with E-state index in [2.05, 4.69) is 0 Å². The Morgan fingerprint density at radius 1 is 1.11 bits per heavy atom. The van der Waals surface area contributed by atoms with Crippen molar-refractivity contribution >= 4 is 5.97 Å². The lowest BCUT2D eigenvalue weighted by atomic mass is 10.0. The Morgan fingerprint density at radius 2 is 1.81 bits per heavy atom. The lowest BCUT2D eigenvalue weighted by molar-refractivity contribution is -0.151. The van der Waals surface area contributed by atoms with Gasteiger partial charge in [0.2, 0.25) is 6.10 Å². The normalized spacial score (nSPS) is 18.2. The predicted molar refractivity (Wildman–Crippen MR) is 98.9 cm³/mol. The van der Waals surface area contributed by atoms with Crippen molar-refractivity contribution in [1.82, 2.24) is 4.90 Å². The number of hydrogen-bond donors (Lipinski definition) is 1. The van der Waals surface area contributed by atoms with E-state index in [1.54, 1.807) is 43.5 Å². The molecule has 2 aromatic carbocycles. The zero-order valence-electron chi connectivity index (χ0n) is 15.5. The van der Waals surface area contributed by atoms with Gasteiger partial charge in [-0.15, -0.1) is 0 Å². The second kappa shape index (κ2) is 8.18. The molecular weight excluding hydrogens is 350 g/mol. The van der Waals surface area contributed by atoms with Crippen LogP contribution in [0, 0.1) is 0 Å². The topological polar surface area (TPSA) is 77.5 Å². The molecule has 0 bridgehead atoms. The molecular formula is C20H23NO6. The van der Waals surface area contributed by atoms with Gasteiger partial charge in [-0.1, -0.05) is 18.2 Å². The van der Waals surface area contributed by atoms with Gasteiger partial charge >= 0.3 is 5.97 Å². The standard InChI is InChI=1S/C20H23NO6/c1-21(2)10-11-25-14-9-8-13(12-17(14)24-3)18-19(20(22)23)27-16-7-5-4-6-15(16)26-18/h4-9,12,18-19H,10-11H2,1-3H3,(H,22,23). The third kappa shape index (κ3) is 4.25. The molecule has 0 radical (unpaired) electrons. The van der Waals surface area contributed by atoms with E-state index < -0.39 is 18.2 Å². The first-order valence-corrected chi connectivity index (χ1v) is 8.60. The van der Waals surface area contributed by atoms with Gasteiger partial charge in [-0.2, -0.15) is 0 Å². The SMILES string of the molecule is COc1cc(C2Oc3ccccc3OC2C(=O)O)ccc1OCCN(C)C. The number of aliphatic carboxylic acids is 1. The first kappa shape index (κ1) is 18.8. The number of carboxylic acids is 1. The molecule has 2 unspecified atom stereocenters. The Hall–Kier alpha value is -2.93. The minimum Gasteiger partial charge on any atom is -0.493 e. The van der Waals surface area contributed by atoms with Crippen LogP contribution in [0.4, 0.5) is 0 Å². The van der Waals surface area contributed by atoms with E-state index >= 15 is 0 Å². The summed E-state index contributed by atoms with van der Waals surface area (Å²) in [7, 11) is 5.47. The van der Waals surface area contributed by atoms with Crippen LogP contribution in [0.15, 0.2) is 42.5 Å². The Morgan fingerprint density at radius 3 is 2.44 bits per heavy atom. The summed E-state index contributed by atoms with van der Waals surface area (Å²) in [4.78, 5) is 13.7. The molecule has 7 nitrogen and oxygen atoms in total. The number of fused-ring (bicyclic) bond motifs is 1. The van der Waals surface area contributed by atoms with Gasteiger partial charge in [-0.05, 0) is 38.4 Å². The maximum Gasteiger partial charge on any atom is 0.349 e. The van der Waals surface area contributed by atoms with E-state index in [9.17, 15) is 9.90 Å². The molecule has 0 spiro atoms. The van der Waals surface area contributed by atoms with E-state index in [1.807, 2.05) is 25.1 Å². The Kier molecular flexibility index (Phi) is 5.71. The van der Waals surface area contributed by atoms with Crippen molar-refractivity contribution in [3.8, 4) is 23.0 Å². The number of para-hydroxylation sites is 2. The summed E-state index contributed by atoms with van der Waals surface area (Å²) in [5.74, 6) is 0.923. The highest BCUT2D eigenvalue weighted by atomic mass is 16.6. The largest absolute Gasteiger partial charge is 0.493 e. The van der Waals surface area contributed by atoms with Crippen molar-refractivity contribution < 1.29 is 28.8 Å². The van der Waals surface area contributed by atoms with E-state index in [0.717, 1.165) is 6.54 Å². The van der Waals surface area contributed by atoms with Crippen LogP contribution in [0.1, 0.15) is 11.7 Å². The molecule has 1 aliphatic heterocycles. The number of hydrogen-bond acceptors (Lipinski definition) is 6. The third-order valence-electron chi connectivity index (χ3n) is 4.19. The van der Waals surface area contributed by atoms with Gasteiger partial charge in [0, 0.05) is 12.1 Å². The van der Waals surface area contributed by atoms with Gasteiger partial charge in [-0.3, -0.25) is 0 Å². The molecule has 0 saturated carbocycles. The number of methoxy groups -OCH3 is 1. The Balaban J connectivity index is 1.86. The van der Waals surface area contributed by atoms with Crippen molar-refractivity contribution in [2.24, 2.45) is 0 Å². The van der Waals surface area contributed by atoms with Crippen molar-refractivity contribution in [2.75, 3.05) is 34.4 Å². The molecule has 0 amide bonds. The molecule has 2 atom stereocenters. The fourth-order valence-electron chi connectivity index (χ4n) is 2.78. The number of carbonyl (C=O) groups is 1. The molecule has 2 aromatic rings. The summed E-state index contributed by atoms with van der Waals surface area (Å²) in [6.07, 6.45) is -1.97. The van der Waals surface area contributed by atoms with Crippen molar-refractivity contribution in [3.05, 3.63) is 48.0 Å². The van der Waals surface area contributed by atoms with Crippen molar-refractivity contribution in [2.45, 2.75) is 12.2 Å². The molecule has 144 valence electrons. The lowest BCUT2D eigenvalue weighted by Gasteiger charge is -2.32. The number of nitrogens with zero attached hydrogens (tertiary/aromatic N) is 1. The van der Waals surface area contributed by atoms with Crippen LogP contribution in [-0.2, 0) is 4.79 Å². The van der Waals surface area contributed by atoms with E-state index in [-0.39, 0.29) is 0 Å². The fraction of sp³-hybridized carbons (Fsp3) is 0.350. The van der Waals surface area contributed by atoms with Gasteiger partial charge < -0.3 is 29.0 Å². The van der Waals surface area contributed by atoms with E-state index in [4.69, 9.17) is 18.9 Å². The Bertz CT molecular complexity index is 807. The average Bonchev–Trinajstić information content (AvgIpc) is 2.66. The number of ether oxygens (including phenoxy) is 4. The number of carboxylic acid groups (broad SMARTS) is 1. The van der Waals surface area contributed by atoms with Gasteiger partial charge in [0.25, 0.3) is 0 Å². The summed E-state index contributed by atoms with van der Waals surface area (Å²) in [6.45, 7) is 1.28. The van der Waals surface area contributed by atoms with Crippen LogP contribution in [0.2, 0.25) is 0 Å². The average molecular weight is 373 g/mol. The Labute approximate surface area is 158 Å². The number of rotatable bonds is 7. The predicted octanol–water partition coefficient (Wildman–Crippen LogP) is 2.60. The van der Waals surface area contributed by atoms with E-state index in [1.165, 1.54) is 0 Å². The number of benzene rings is 2. The summed E-state index contributed by atoms with van der Waals surface area (Å²) in [5, 5.41) is 9.58. The smallest absolute Gasteiger partial charge is 0.349 e. The lowest BCUT2D eigenvalue weighted by Crippen LogP contribution is -2.39. The second-order valence-corrected chi connectivity index (χ2v) is 6.42. The van der Waals surface area contributed by atoms with Crippen molar-refractivity contribution in [1.29, 1.82) is 0 Å². The van der Waals surface area contributed by atoms with Gasteiger partial charge in [0.1, 0.15) is 6.61 Å². The molecule has 0 fully saturated rings. The molecule has 1 heterocycles. The zero-order chi connectivity index (χ0) is 19.4. The minimum absolute atomic E-state index is 0.414. The highest BCUT2D eigenvalue weighted by molar-refractivity contribution is 5.75. The molecule has 0 aliphatic carbocycles. The third-order valence-corrected chi connectivity index (χ3v) is 4.19. The van der Waals surface area contributed by atoms with Crippen molar-refractivity contribution in [3.63, 3.8) is 0 Å². The summed E-state index contributed by atoms with van der Waals surface area (Å²) < 4.78 is 22.8. The maximum absolute atomic E-state index is 11.7. The minimum atomic E-state index is -1.16. The highest BCUT2D eigenvalue weighted by Gasteiger charge is 2.38. The highest BCUT2D eigenvalue weighted by Crippen LogP contribution is 2.41. The monoisotopic (exact) mass is 373 g/mol. The first-order valence-electron chi connectivity index (χ1n) is 8.60. The quantitative estimate of drug-likeness (QED) is 0.799.